The lowest BCUT2D eigenvalue weighted by molar-refractivity contribution is -0.122. The van der Waals surface area contributed by atoms with E-state index in [2.05, 4.69) is 36.0 Å². The number of ether oxygens (including phenoxy) is 1. The Kier molecular flexibility index (Phi) is 9.34. The van der Waals surface area contributed by atoms with Gasteiger partial charge in [-0.1, -0.05) is 24.2 Å². The summed E-state index contributed by atoms with van der Waals surface area (Å²) in [5, 5.41) is 5.39. The van der Waals surface area contributed by atoms with Crippen molar-refractivity contribution in [2.24, 2.45) is 0 Å². The molecule has 2 aromatic carbocycles. The molecular formula is C23H27ClFN3O3. The normalized spacial score (nSPS) is 10.3. The zero-order valence-electron chi connectivity index (χ0n) is 17.7. The molecule has 0 spiro atoms. The number of rotatable bonds is 11. The molecule has 0 radical (unpaired) electrons. The summed E-state index contributed by atoms with van der Waals surface area (Å²) < 4.78 is 18.6. The molecule has 31 heavy (non-hydrogen) atoms. The topological polar surface area (TPSA) is 70.7 Å². The Labute approximate surface area is 187 Å². The number of halogens is 2. The van der Waals surface area contributed by atoms with Gasteiger partial charge in [0, 0.05) is 49.1 Å². The molecule has 0 aliphatic heterocycles. The first-order valence-corrected chi connectivity index (χ1v) is 10.4. The van der Waals surface area contributed by atoms with E-state index in [-0.39, 0.29) is 23.3 Å². The van der Waals surface area contributed by atoms with Crippen LogP contribution >= 0.6 is 11.6 Å². The van der Waals surface area contributed by atoms with Gasteiger partial charge in [0.15, 0.2) is 6.61 Å². The SMILES string of the molecule is C=C(CCNC(=O)c1cccc(N(CC)CC)c1)NC(=O)COc1ccc(Cl)c(F)c1. The third-order valence-electron chi connectivity index (χ3n) is 4.53. The number of nitrogens with zero attached hydrogens (tertiary/aromatic N) is 1. The summed E-state index contributed by atoms with van der Waals surface area (Å²) in [6.07, 6.45) is 0.364. The fourth-order valence-electron chi connectivity index (χ4n) is 2.87. The second-order valence-corrected chi connectivity index (χ2v) is 7.15. The Hall–Kier alpha value is -3.06. The van der Waals surface area contributed by atoms with Crippen LogP contribution in [-0.4, -0.2) is 38.1 Å². The largest absolute Gasteiger partial charge is 0.484 e. The lowest BCUT2D eigenvalue weighted by Crippen LogP contribution is -2.31. The molecule has 0 fully saturated rings. The van der Waals surface area contributed by atoms with Gasteiger partial charge in [-0.25, -0.2) is 4.39 Å². The van der Waals surface area contributed by atoms with Crippen molar-refractivity contribution < 1.29 is 18.7 Å². The van der Waals surface area contributed by atoms with Crippen LogP contribution in [0.2, 0.25) is 5.02 Å². The quantitative estimate of drug-likeness (QED) is 0.542. The molecule has 0 saturated heterocycles. The highest BCUT2D eigenvalue weighted by molar-refractivity contribution is 6.30. The molecule has 0 bridgehead atoms. The van der Waals surface area contributed by atoms with Crippen LogP contribution in [-0.2, 0) is 4.79 Å². The summed E-state index contributed by atoms with van der Waals surface area (Å²) in [5.74, 6) is -1.05. The molecular weight excluding hydrogens is 421 g/mol. The Morgan fingerprint density at radius 3 is 2.58 bits per heavy atom. The number of amides is 2. The maximum absolute atomic E-state index is 13.4. The van der Waals surface area contributed by atoms with E-state index in [1.54, 1.807) is 6.07 Å². The first-order valence-electron chi connectivity index (χ1n) is 10.0. The number of hydrogen-bond donors (Lipinski definition) is 2. The van der Waals surface area contributed by atoms with Crippen molar-refractivity contribution in [1.82, 2.24) is 10.6 Å². The summed E-state index contributed by atoms with van der Waals surface area (Å²) >= 11 is 5.60. The van der Waals surface area contributed by atoms with Crippen LogP contribution < -0.4 is 20.3 Å². The summed E-state index contributed by atoms with van der Waals surface area (Å²) in [4.78, 5) is 26.5. The van der Waals surface area contributed by atoms with Gasteiger partial charge >= 0.3 is 0 Å². The molecule has 2 amide bonds. The van der Waals surface area contributed by atoms with Crippen LogP contribution in [0.1, 0.15) is 30.6 Å². The average molecular weight is 448 g/mol. The minimum atomic E-state index is -0.623. The minimum absolute atomic E-state index is 0.0213. The molecule has 0 saturated carbocycles. The molecule has 166 valence electrons. The second-order valence-electron chi connectivity index (χ2n) is 6.74. The Bertz CT molecular complexity index is 932. The average Bonchev–Trinajstić information content (AvgIpc) is 2.75. The molecule has 0 aromatic heterocycles. The van der Waals surface area contributed by atoms with Gasteiger partial charge in [-0.3, -0.25) is 9.59 Å². The molecule has 0 aliphatic rings. The van der Waals surface area contributed by atoms with E-state index in [0.29, 0.717) is 24.2 Å². The number of carbonyl (C=O) groups is 2. The second kappa shape index (κ2) is 12.0. The third-order valence-corrected chi connectivity index (χ3v) is 4.83. The van der Waals surface area contributed by atoms with E-state index in [9.17, 15) is 14.0 Å². The molecule has 2 rings (SSSR count). The van der Waals surface area contributed by atoms with Crippen LogP contribution in [0.3, 0.4) is 0 Å². The van der Waals surface area contributed by atoms with Gasteiger partial charge in [0.05, 0.1) is 5.02 Å². The van der Waals surface area contributed by atoms with Crippen molar-refractivity contribution in [3.8, 4) is 5.75 Å². The van der Waals surface area contributed by atoms with Crippen LogP contribution in [0.4, 0.5) is 10.1 Å². The highest BCUT2D eigenvalue weighted by Gasteiger charge is 2.10. The van der Waals surface area contributed by atoms with Crippen LogP contribution in [0.15, 0.2) is 54.7 Å². The molecule has 2 N–H and O–H groups in total. The van der Waals surface area contributed by atoms with Crippen molar-refractivity contribution in [2.45, 2.75) is 20.3 Å². The van der Waals surface area contributed by atoms with E-state index in [4.69, 9.17) is 16.3 Å². The summed E-state index contributed by atoms with van der Waals surface area (Å²) in [5.41, 5.74) is 2.01. The molecule has 8 heteroatoms. The maximum Gasteiger partial charge on any atom is 0.262 e. The van der Waals surface area contributed by atoms with Gasteiger partial charge < -0.3 is 20.3 Å². The van der Waals surface area contributed by atoms with Crippen molar-refractivity contribution in [3.05, 3.63) is 71.1 Å². The first kappa shape index (κ1) is 24.2. The van der Waals surface area contributed by atoms with Gasteiger partial charge in [-0.2, -0.15) is 0 Å². The van der Waals surface area contributed by atoms with Gasteiger partial charge in [0.2, 0.25) is 0 Å². The highest BCUT2D eigenvalue weighted by atomic mass is 35.5. The van der Waals surface area contributed by atoms with E-state index >= 15 is 0 Å². The van der Waals surface area contributed by atoms with Crippen molar-refractivity contribution in [1.29, 1.82) is 0 Å². The number of benzene rings is 2. The molecule has 0 aliphatic carbocycles. The van der Waals surface area contributed by atoms with E-state index < -0.39 is 11.7 Å². The fraction of sp³-hybridized carbons (Fsp3) is 0.304. The van der Waals surface area contributed by atoms with Crippen molar-refractivity contribution >= 4 is 29.1 Å². The molecule has 0 atom stereocenters. The van der Waals surface area contributed by atoms with Crippen molar-refractivity contribution in [3.63, 3.8) is 0 Å². The standard InChI is InChI=1S/C23H27ClFN3O3/c1-4-28(5-2)18-8-6-7-17(13-18)23(30)26-12-11-16(3)27-22(29)15-31-19-9-10-20(24)21(25)14-19/h6-10,13-14H,3-5,11-12,15H2,1-2H3,(H,26,30)(H,27,29). The van der Waals surface area contributed by atoms with Crippen LogP contribution in [0, 0.1) is 5.82 Å². The Morgan fingerprint density at radius 1 is 1.16 bits per heavy atom. The Balaban J connectivity index is 1.74. The third kappa shape index (κ3) is 7.61. The minimum Gasteiger partial charge on any atom is -0.484 e. The van der Waals surface area contributed by atoms with Crippen molar-refractivity contribution in [2.75, 3.05) is 31.1 Å². The molecule has 2 aromatic rings. The smallest absolute Gasteiger partial charge is 0.262 e. The highest BCUT2D eigenvalue weighted by Crippen LogP contribution is 2.20. The first-order chi connectivity index (χ1) is 14.8. The predicted octanol–water partition coefficient (Wildman–Crippen LogP) is 4.15. The molecule has 0 heterocycles. The Morgan fingerprint density at radius 2 is 1.90 bits per heavy atom. The van der Waals surface area contributed by atoms with Gasteiger partial charge in [0.25, 0.3) is 11.8 Å². The summed E-state index contributed by atoms with van der Waals surface area (Å²) in [6, 6.07) is 11.4. The predicted molar refractivity (Wildman–Crippen MR) is 121 cm³/mol. The van der Waals surface area contributed by atoms with Crippen LogP contribution in [0.25, 0.3) is 0 Å². The zero-order chi connectivity index (χ0) is 22.8. The van der Waals surface area contributed by atoms with Crippen LogP contribution in [0.5, 0.6) is 5.75 Å². The van der Waals surface area contributed by atoms with E-state index in [1.807, 2.05) is 18.2 Å². The monoisotopic (exact) mass is 447 g/mol. The lowest BCUT2D eigenvalue weighted by Gasteiger charge is -2.21. The molecule has 0 unspecified atom stereocenters. The van der Waals surface area contributed by atoms with Gasteiger partial charge in [0.1, 0.15) is 11.6 Å². The zero-order valence-corrected chi connectivity index (χ0v) is 18.5. The van der Waals surface area contributed by atoms with Gasteiger partial charge in [-0.05, 0) is 44.2 Å². The van der Waals surface area contributed by atoms with E-state index in [0.717, 1.165) is 24.8 Å². The maximum atomic E-state index is 13.4. The van der Waals surface area contributed by atoms with Gasteiger partial charge in [-0.15, -0.1) is 0 Å². The van der Waals surface area contributed by atoms with E-state index in [1.165, 1.54) is 12.1 Å². The lowest BCUT2D eigenvalue weighted by atomic mass is 10.1. The summed E-state index contributed by atoms with van der Waals surface area (Å²) in [6.45, 7) is 9.64. The number of anilines is 1. The number of hydrogen-bond acceptors (Lipinski definition) is 4. The number of carbonyl (C=O) groups excluding carboxylic acids is 2. The number of nitrogens with one attached hydrogen (secondary N) is 2. The molecule has 6 nitrogen and oxygen atoms in total. The summed E-state index contributed by atoms with van der Waals surface area (Å²) in [7, 11) is 0. The fourth-order valence-corrected chi connectivity index (χ4v) is 2.99.